The average molecular weight is 544 g/mol. The Morgan fingerprint density at radius 2 is 1.72 bits per heavy atom. The fourth-order valence-corrected chi connectivity index (χ4v) is 6.11. The smallest absolute Gasteiger partial charge is 0.270 e. The first-order valence-electron chi connectivity index (χ1n) is 13.4. The maximum Gasteiger partial charge on any atom is 0.270 e. The van der Waals surface area contributed by atoms with Crippen molar-refractivity contribution in [2.75, 3.05) is 26.7 Å². The number of rotatable bonds is 9. The fourth-order valence-electron chi connectivity index (χ4n) is 5.05. The van der Waals surface area contributed by atoms with Crippen molar-refractivity contribution < 1.29 is 19.1 Å². The number of amides is 2. The highest BCUT2D eigenvalue weighted by Crippen LogP contribution is 2.33. The van der Waals surface area contributed by atoms with Gasteiger partial charge in [-0.1, -0.05) is 49.4 Å². The summed E-state index contributed by atoms with van der Waals surface area (Å²) in [4.78, 5) is 41.9. The Labute approximate surface area is 232 Å². The number of thiophene rings is 1. The van der Waals surface area contributed by atoms with E-state index in [4.69, 9.17) is 4.74 Å². The van der Waals surface area contributed by atoms with E-state index in [-0.39, 0.29) is 23.5 Å². The number of hydrogen-bond donors (Lipinski definition) is 1. The molecule has 2 amide bonds. The second-order valence-corrected chi connectivity index (χ2v) is 11.0. The molecule has 39 heavy (non-hydrogen) atoms. The van der Waals surface area contributed by atoms with E-state index in [1.54, 1.807) is 7.11 Å². The largest absolute Gasteiger partial charge is 0.497 e. The molecule has 0 bridgehead atoms. The first-order valence-corrected chi connectivity index (χ1v) is 14.2. The number of likely N-dealkylation sites (tertiary alicyclic amines) is 1. The Morgan fingerprint density at radius 1 is 1.00 bits per heavy atom. The fraction of sp³-hybridized carbons (Fsp3) is 0.323. The number of aromatic nitrogens is 1. The van der Waals surface area contributed by atoms with Crippen molar-refractivity contribution in [3.63, 3.8) is 0 Å². The van der Waals surface area contributed by atoms with E-state index in [0.717, 1.165) is 28.0 Å². The molecule has 2 aromatic carbocycles. The summed E-state index contributed by atoms with van der Waals surface area (Å²) in [5.41, 5.74) is 3.13. The summed E-state index contributed by atoms with van der Waals surface area (Å²) in [5, 5.41) is 2.98. The number of ether oxygens (including phenoxy) is 1. The van der Waals surface area contributed by atoms with Gasteiger partial charge < -0.3 is 19.5 Å². The third-order valence-corrected chi connectivity index (χ3v) is 8.34. The topological polar surface area (TPSA) is 80.6 Å². The Hall–Kier alpha value is -3.91. The molecule has 8 heteroatoms. The Kier molecular flexibility index (Phi) is 8.12. The van der Waals surface area contributed by atoms with Crippen LogP contribution in [0.4, 0.5) is 0 Å². The second-order valence-electron chi connectivity index (χ2n) is 9.88. The van der Waals surface area contributed by atoms with Gasteiger partial charge in [0.15, 0.2) is 0 Å². The molecule has 0 saturated carbocycles. The molecule has 1 aliphatic heterocycles. The van der Waals surface area contributed by atoms with Crippen LogP contribution in [0.5, 0.6) is 5.75 Å². The summed E-state index contributed by atoms with van der Waals surface area (Å²) in [6, 6.07) is 20.8. The number of methoxy groups -OCH3 is 1. The SMILES string of the molecule is CCCNC(=O)C1CCN(C(=O)c2cc3sc(C(=O)c4ccccc4)cc3n2Cc2ccc(OC)cc2)CC1. The molecule has 7 nitrogen and oxygen atoms in total. The molecule has 0 unspecified atom stereocenters. The first-order chi connectivity index (χ1) is 19.0. The summed E-state index contributed by atoms with van der Waals surface area (Å²) in [6.45, 7) is 4.29. The predicted octanol–water partition coefficient (Wildman–Crippen LogP) is 5.37. The molecule has 0 aliphatic carbocycles. The van der Waals surface area contributed by atoms with Gasteiger partial charge in [-0.3, -0.25) is 14.4 Å². The molecule has 0 spiro atoms. The standard InChI is InChI=1S/C31H33N3O4S/c1-3-15-32-30(36)23-13-16-33(17-14-23)31(37)26-19-27-25(34(26)20-21-9-11-24(38-2)12-10-21)18-28(39-27)29(35)22-7-5-4-6-8-22/h4-12,18-19,23H,3,13-17,20H2,1-2H3,(H,32,36). The number of piperidine rings is 1. The first kappa shape index (κ1) is 26.7. The van der Waals surface area contributed by atoms with E-state index in [9.17, 15) is 14.4 Å². The molecule has 1 aliphatic rings. The molecular formula is C31H33N3O4S. The number of carbonyl (C=O) groups is 3. The number of nitrogens with zero attached hydrogens (tertiary/aromatic N) is 2. The van der Waals surface area contributed by atoms with Gasteiger partial charge in [-0.25, -0.2) is 0 Å². The van der Waals surface area contributed by atoms with Crippen LogP contribution in [-0.2, 0) is 11.3 Å². The zero-order valence-corrected chi connectivity index (χ0v) is 23.1. The van der Waals surface area contributed by atoms with Crippen molar-refractivity contribution in [2.45, 2.75) is 32.7 Å². The maximum absolute atomic E-state index is 13.8. The molecule has 202 valence electrons. The van der Waals surface area contributed by atoms with Crippen LogP contribution < -0.4 is 10.1 Å². The van der Waals surface area contributed by atoms with Crippen molar-refractivity contribution in [3.8, 4) is 5.75 Å². The van der Waals surface area contributed by atoms with Crippen LogP contribution in [0.1, 0.15) is 57.5 Å². The lowest BCUT2D eigenvalue weighted by atomic mass is 9.95. The number of hydrogen-bond acceptors (Lipinski definition) is 5. The molecule has 4 aromatic rings. The summed E-state index contributed by atoms with van der Waals surface area (Å²) < 4.78 is 8.22. The summed E-state index contributed by atoms with van der Waals surface area (Å²) in [5.74, 6) is 0.730. The van der Waals surface area contributed by atoms with Crippen LogP contribution in [0.3, 0.4) is 0 Å². The third-order valence-electron chi connectivity index (χ3n) is 7.27. The van der Waals surface area contributed by atoms with Gasteiger partial charge in [0.05, 0.1) is 22.2 Å². The molecule has 3 heterocycles. The number of nitrogens with one attached hydrogen (secondary N) is 1. The van der Waals surface area contributed by atoms with Crippen molar-refractivity contribution in [1.82, 2.24) is 14.8 Å². The van der Waals surface area contributed by atoms with E-state index < -0.39 is 0 Å². The molecule has 1 saturated heterocycles. The van der Waals surface area contributed by atoms with Crippen LogP contribution in [0, 0.1) is 5.92 Å². The Bertz CT molecular complexity index is 1470. The quantitative estimate of drug-likeness (QED) is 0.288. The highest BCUT2D eigenvalue weighted by molar-refractivity contribution is 7.21. The summed E-state index contributed by atoms with van der Waals surface area (Å²) in [7, 11) is 1.63. The molecule has 5 rings (SSSR count). The van der Waals surface area contributed by atoms with Crippen molar-refractivity contribution in [2.24, 2.45) is 5.92 Å². The zero-order valence-electron chi connectivity index (χ0n) is 22.3. The second kappa shape index (κ2) is 11.9. The van der Waals surface area contributed by atoms with E-state index in [1.807, 2.05) is 83.1 Å². The van der Waals surface area contributed by atoms with Gasteiger partial charge in [0, 0.05) is 37.7 Å². The minimum absolute atomic E-state index is 0.0240. The molecule has 2 aromatic heterocycles. The van der Waals surface area contributed by atoms with E-state index >= 15 is 0 Å². The lowest BCUT2D eigenvalue weighted by Crippen LogP contribution is -2.43. The number of carbonyl (C=O) groups excluding carboxylic acids is 3. The number of ketones is 1. The Morgan fingerprint density at radius 3 is 2.38 bits per heavy atom. The normalized spacial score (nSPS) is 13.9. The van der Waals surface area contributed by atoms with Crippen molar-refractivity contribution in [3.05, 3.63) is 88.4 Å². The maximum atomic E-state index is 13.8. The number of fused-ring (bicyclic) bond motifs is 1. The van der Waals surface area contributed by atoms with Gasteiger partial charge >= 0.3 is 0 Å². The van der Waals surface area contributed by atoms with Crippen molar-refractivity contribution >= 4 is 39.2 Å². The van der Waals surface area contributed by atoms with Crippen LogP contribution >= 0.6 is 11.3 Å². The molecule has 0 atom stereocenters. The number of benzene rings is 2. The van der Waals surface area contributed by atoms with Crippen molar-refractivity contribution in [1.29, 1.82) is 0 Å². The van der Waals surface area contributed by atoms with Crippen LogP contribution in [0.25, 0.3) is 10.2 Å². The minimum atomic E-state index is -0.0539. The van der Waals surface area contributed by atoms with Gasteiger partial charge in [0.25, 0.3) is 5.91 Å². The summed E-state index contributed by atoms with van der Waals surface area (Å²) >= 11 is 1.41. The van der Waals surface area contributed by atoms with Crippen LogP contribution in [0.15, 0.2) is 66.7 Å². The van der Waals surface area contributed by atoms with Gasteiger partial charge in [0.1, 0.15) is 11.4 Å². The van der Waals surface area contributed by atoms with Gasteiger partial charge in [-0.15, -0.1) is 11.3 Å². The van der Waals surface area contributed by atoms with E-state index in [0.29, 0.717) is 55.2 Å². The molecule has 1 fully saturated rings. The Balaban J connectivity index is 1.43. The van der Waals surface area contributed by atoms with Gasteiger partial charge in [-0.2, -0.15) is 0 Å². The predicted molar refractivity (Wildman–Crippen MR) is 154 cm³/mol. The van der Waals surface area contributed by atoms with E-state index in [2.05, 4.69) is 5.32 Å². The zero-order chi connectivity index (χ0) is 27.4. The molecule has 1 N–H and O–H groups in total. The molecular weight excluding hydrogens is 510 g/mol. The van der Waals surface area contributed by atoms with Crippen LogP contribution in [-0.4, -0.2) is 53.8 Å². The lowest BCUT2D eigenvalue weighted by molar-refractivity contribution is -0.126. The minimum Gasteiger partial charge on any atom is -0.497 e. The average Bonchev–Trinajstić information content (AvgIpc) is 3.55. The van der Waals surface area contributed by atoms with E-state index in [1.165, 1.54) is 11.3 Å². The summed E-state index contributed by atoms with van der Waals surface area (Å²) in [6.07, 6.45) is 2.22. The monoisotopic (exact) mass is 543 g/mol. The van der Waals surface area contributed by atoms with Gasteiger partial charge in [0.2, 0.25) is 11.7 Å². The highest BCUT2D eigenvalue weighted by atomic mass is 32.1. The highest BCUT2D eigenvalue weighted by Gasteiger charge is 2.30. The third kappa shape index (κ3) is 5.76. The van der Waals surface area contributed by atoms with Crippen LogP contribution in [0.2, 0.25) is 0 Å². The molecule has 0 radical (unpaired) electrons. The van der Waals surface area contributed by atoms with Gasteiger partial charge in [-0.05, 0) is 49.1 Å². The lowest BCUT2D eigenvalue weighted by Gasteiger charge is -2.31.